The summed E-state index contributed by atoms with van der Waals surface area (Å²) in [7, 11) is 2.36. The second-order valence-electron chi connectivity index (χ2n) is 7.96. The second-order valence-corrected chi connectivity index (χ2v) is 7.96. The van der Waals surface area contributed by atoms with E-state index in [0.717, 1.165) is 41.8 Å². The molecule has 1 N–H and O–H groups in total. The molecule has 1 aliphatic heterocycles. The predicted molar refractivity (Wildman–Crippen MR) is 113 cm³/mol. The van der Waals surface area contributed by atoms with Gasteiger partial charge < -0.3 is 5.11 Å². The zero-order chi connectivity index (χ0) is 24.0. The van der Waals surface area contributed by atoms with Crippen LogP contribution in [0.5, 0.6) is 5.88 Å². The van der Waals surface area contributed by atoms with Crippen molar-refractivity contribution in [3.05, 3.63) is 54.2 Å². The van der Waals surface area contributed by atoms with Gasteiger partial charge in [0.1, 0.15) is 0 Å². The Morgan fingerprint density at radius 1 is 0.970 bits per heavy atom. The summed E-state index contributed by atoms with van der Waals surface area (Å²) < 4.78 is 1.43. The minimum Gasteiger partial charge on any atom is -0.493 e. The number of rotatable bonds is 4. The summed E-state index contributed by atoms with van der Waals surface area (Å²) in [5.74, 6) is -2.07. The number of nitro benzene ring substituents is 1. The van der Waals surface area contributed by atoms with Gasteiger partial charge in [-0.3, -0.25) is 38.5 Å². The van der Waals surface area contributed by atoms with Crippen LogP contribution in [0.15, 0.2) is 32.0 Å². The van der Waals surface area contributed by atoms with Crippen molar-refractivity contribution in [2.24, 2.45) is 24.3 Å². The predicted octanol–water partition coefficient (Wildman–Crippen LogP) is 2.04. The van der Waals surface area contributed by atoms with Gasteiger partial charge in [-0.05, 0) is 18.9 Å². The first kappa shape index (κ1) is 22.0. The van der Waals surface area contributed by atoms with Crippen LogP contribution in [0.1, 0.15) is 52.8 Å². The summed E-state index contributed by atoms with van der Waals surface area (Å²) in [6.07, 6.45) is 4.02. The van der Waals surface area contributed by atoms with Crippen molar-refractivity contribution in [3.8, 4) is 5.88 Å². The zero-order valence-corrected chi connectivity index (χ0v) is 17.8. The fourth-order valence-electron chi connectivity index (χ4n) is 4.24. The van der Waals surface area contributed by atoms with E-state index in [0.29, 0.717) is 17.4 Å². The van der Waals surface area contributed by atoms with Gasteiger partial charge in [-0.25, -0.2) is 4.79 Å². The molecule has 1 aromatic carbocycles. The van der Waals surface area contributed by atoms with E-state index in [1.165, 1.54) is 13.1 Å². The number of hydrogen-bond donors (Lipinski definition) is 1. The van der Waals surface area contributed by atoms with Crippen LogP contribution in [0.25, 0.3) is 0 Å². The van der Waals surface area contributed by atoms with Crippen LogP contribution in [0.4, 0.5) is 17.1 Å². The molecule has 0 bridgehead atoms. The summed E-state index contributed by atoms with van der Waals surface area (Å²) in [5.41, 5.74) is -3.85. The van der Waals surface area contributed by atoms with E-state index in [-0.39, 0.29) is 17.2 Å². The van der Waals surface area contributed by atoms with Gasteiger partial charge >= 0.3 is 5.69 Å². The fraction of sp³-hybridized carbons (Fsp3) is 0.400. The molecule has 13 heteroatoms. The van der Waals surface area contributed by atoms with Crippen LogP contribution in [-0.4, -0.2) is 41.9 Å². The number of carbonyl (C=O) groups excluding carboxylic acids is 2. The molecule has 0 radical (unpaired) electrons. The molecule has 33 heavy (non-hydrogen) atoms. The molecule has 1 fully saturated rings. The molecule has 1 saturated carbocycles. The van der Waals surface area contributed by atoms with Gasteiger partial charge in [0.05, 0.1) is 16.1 Å². The standard InChI is InChI=1S/C20H20N6O7/c1-23-18(29)15(19(30)24(2)20(23)31)22-21-14-12(26(32)33)9-8-11-13(14)17(28)25(16(11)27)10-6-4-3-5-7-10/h8-10,29H,3-7H2,1-2H3. The highest BCUT2D eigenvalue weighted by Crippen LogP contribution is 2.41. The molecule has 2 amide bonds. The van der Waals surface area contributed by atoms with Gasteiger partial charge in [0.15, 0.2) is 5.69 Å². The Morgan fingerprint density at radius 2 is 1.61 bits per heavy atom. The molecule has 0 unspecified atom stereocenters. The van der Waals surface area contributed by atoms with Gasteiger partial charge in [-0.2, -0.15) is 0 Å². The van der Waals surface area contributed by atoms with Crippen LogP contribution in [-0.2, 0) is 14.1 Å². The van der Waals surface area contributed by atoms with Gasteiger partial charge in [0.2, 0.25) is 11.6 Å². The van der Waals surface area contributed by atoms with Crippen molar-refractivity contribution in [1.29, 1.82) is 0 Å². The molecule has 0 saturated heterocycles. The largest absolute Gasteiger partial charge is 0.493 e. The SMILES string of the molecule is Cn1c(O)c(N=Nc2c([N+](=O)[O-])ccc3c2C(=O)N(C2CCCCC2)C3=O)c(=O)n(C)c1=O. The number of imide groups is 1. The maximum absolute atomic E-state index is 13.2. The lowest BCUT2D eigenvalue weighted by Gasteiger charge is -2.29. The highest BCUT2D eigenvalue weighted by atomic mass is 16.6. The molecule has 2 aromatic rings. The van der Waals surface area contributed by atoms with E-state index in [4.69, 9.17) is 0 Å². The third-order valence-corrected chi connectivity index (χ3v) is 6.04. The van der Waals surface area contributed by atoms with Crippen molar-refractivity contribution >= 4 is 28.9 Å². The number of amides is 2. The molecular weight excluding hydrogens is 436 g/mol. The van der Waals surface area contributed by atoms with Crippen molar-refractivity contribution < 1.29 is 19.6 Å². The maximum atomic E-state index is 13.2. The van der Waals surface area contributed by atoms with Crippen molar-refractivity contribution in [1.82, 2.24) is 14.0 Å². The number of fused-ring (bicyclic) bond motifs is 1. The first-order valence-electron chi connectivity index (χ1n) is 10.2. The molecule has 0 spiro atoms. The number of aromatic nitrogens is 2. The number of carbonyl (C=O) groups is 2. The number of nitro groups is 1. The van der Waals surface area contributed by atoms with Crippen LogP contribution >= 0.6 is 0 Å². The Bertz CT molecular complexity index is 1350. The minimum absolute atomic E-state index is 0.0392. The first-order valence-corrected chi connectivity index (χ1v) is 10.2. The number of benzene rings is 1. The molecule has 4 rings (SSSR count). The quantitative estimate of drug-likeness (QED) is 0.317. The Kier molecular flexibility index (Phi) is 5.39. The van der Waals surface area contributed by atoms with Crippen LogP contribution in [0.2, 0.25) is 0 Å². The lowest BCUT2D eigenvalue weighted by Crippen LogP contribution is -2.40. The normalized spacial score (nSPS) is 16.6. The Morgan fingerprint density at radius 3 is 2.24 bits per heavy atom. The van der Waals surface area contributed by atoms with Crippen LogP contribution < -0.4 is 11.2 Å². The summed E-state index contributed by atoms with van der Waals surface area (Å²) in [6, 6.07) is 1.94. The molecule has 2 heterocycles. The van der Waals surface area contributed by atoms with E-state index >= 15 is 0 Å². The highest BCUT2D eigenvalue weighted by Gasteiger charge is 2.44. The topological polar surface area (TPSA) is 169 Å². The maximum Gasteiger partial charge on any atom is 0.333 e. The van der Waals surface area contributed by atoms with Gasteiger partial charge in [-0.15, -0.1) is 10.2 Å². The lowest BCUT2D eigenvalue weighted by molar-refractivity contribution is -0.384. The molecule has 172 valence electrons. The van der Waals surface area contributed by atoms with E-state index < -0.39 is 50.9 Å². The number of aromatic hydroxyl groups is 1. The fourth-order valence-corrected chi connectivity index (χ4v) is 4.24. The summed E-state index contributed by atoms with van der Waals surface area (Å²) in [6.45, 7) is 0. The second kappa shape index (κ2) is 8.07. The molecule has 0 atom stereocenters. The zero-order valence-electron chi connectivity index (χ0n) is 17.8. The Hall–Kier alpha value is -4.16. The molecular formula is C20H20N6O7. The van der Waals surface area contributed by atoms with Crippen LogP contribution in [0.3, 0.4) is 0 Å². The summed E-state index contributed by atoms with van der Waals surface area (Å²) in [4.78, 5) is 62.5. The van der Waals surface area contributed by atoms with Crippen molar-refractivity contribution in [3.63, 3.8) is 0 Å². The monoisotopic (exact) mass is 456 g/mol. The van der Waals surface area contributed by atoms with Crippen molar-refractivity contribution in [2.45, 2.75) is 38.1 Å². The van der Waals surface area contributed by atoms with Gasteiger partial charge in [0.25, 0.3) is 23.1 Å². The smallest absolute Gasteiger partial charge is 0.333 e. The van der Waals surface area contributed by atoms with Gasteiger partial charge in [0, 0.05) is 26.2 Å². The minimum atomic E-state index is -0.985. The Labute approximate surface area is 185 Å². The average molecular weight is 456 g/mol. The van der Waals surface area contributed by atoms with Crippen molar-refractivity contribution in [2.75, 3.05) is 0 Å². The lowest BCUT2D eigenvalue weighted by atomic mass is 9.94. The number of hydrogen-bond acceptors (Lipinski definition) is 9. The first-order chi connectivity index (χ1) is 15.6. The van der Waals surface area contributed by atoms with E-state index in [1.807, 2.05) is 0 Å². The molecule has 1 aliphatic carbocycles. The molecule has 2 aliphatic rings. The number of azo groups is 1. The average Bonchev–Trinajstić information content (AvgIpc) is 3.06. The van der Waals surface area contributed by atoms with Crippen LogP contribution in [0, 0.1) is 10.1 Å². The third kappa shape index (κ3) is 3.41. The Balaban J connectivity index is 1.87. The van der Waals surface area contributed by atoms with E-state index in [1.54, 1.807) is 0 Å². The third-order valence-electron chi connectivity index (χ3n) is 6.04. The molecule has 1 aromatic heterocycles. The van der Waals surface area contributed by atoms with Gasteiger partial charge in [-0.1, -0.05) is 19.3 Å². The molecule has 13 nitrogen and oxygen atoms in total. The van der Waals surface area contributed by atoms with E-state index in [2.05, 4.69) is 10.2 Å². The number of nitrogens with zero attached hydrogens (tertiary/aromatic N) is 6. The van der Waals surface area contributed by atoms with E-state index in [9.17, 15) is 34.4 Å². The highest BCUT2D eigenvalue weighted by molar-refractivity contribution is 6.24. The summed E-state index contributed by atoms with van der Waals surface area (Å²) >= 11 is 0. The summed E-state index contributed by atoms with van der Waals surface area (Å²) in [5, 5.41) is 29.2.